The number of carbonyl (C=O) groups is 4. The molecule has 0 radical (unpaired) electrons. The van der Waals surface area contributed by atoms with Gasteiger partial charge in [0.05, 0.1) is 35.5 Å². The molecule has 36 heavy (non-hydrogen) atoms. The molecule has 3 rings (SSSR count). The summed E-state index contributed by atoms with van der Waals surface area (Å²) in [5.74, 6) is -1.81. The van der Waals surface area contributed by atoms with Gasteiger partial charge < -0.3 is 20.1 Å². The molecule has 8 nitrogen and oxygen atoms in total. The highest BCUT2D eigenvalue weighted by atomic mass is 16.5. The first kappa shape index (κ1) is 26.2. The van der Waals surface area contributed by atoms with Crippen LogP contribution in [-0.2, 0) is 9.47 Å². The van der Waals surface area contributed by atoms with Gasteiger partial charge in [-0.05, 0) is 73.5 Å². The topological polar surface area (TPSA) is 111 Å². The summed E-state index contributed by atoms with van der Waals surface area (Å²) in [6.07, 6.45) is 1.46. The zero-order valence-corrected chi connectivity index (χ0v) is 20.2. The van der Waals surface area contributed by atoms with Crippen LogP contribution in [0.3, 0.4) is 0 Å². The van der Waals surface area contributed by atoms with Gasteiger partial charge in [-0.15, -0.1) is 0 Å². The summed E-state index contributed by atoms with van der Waals surface area (Å²) in [7, 11) is 0. The molecular formula is C28H28N2O6. The Labute approximate surface area is 209 Å². The van der Waals surface area contributed by atoms with E-state index in [4.69, 9.17) is 9.47 Å². The first-order valence-electron chi connectivity index (χ1n) is 11.7. The number of rotatable bonds is 10. The van der Waals surface area contributed by atoms with Crippen LogP contribution in [0.15, 0.2) is 72.8 Å². The highest BCUT2D eigenvalue weighted by Crippen LogP contribution is 2.17. The molecule has 2 amide bonds. The van der Waals surface area contributed by atoms with Crippen LogP contribution in [-0.4, -0.2) is 37.0 Å². The number of amides is 2. The number of ether oxygens (including phenoxy) is 2. The van der Waals surface area contributed by atoms with Crippen molar-refractivity contribution in [2.24, 2.45) is 0 Å². The molecule has 0 aromatic heterocycles. The lowest BCUT2D eigenvalue weighted by molar-refractivity contribution is 0.0496. The Morgan fingerprint density at radius 2 is 0.944 bits per heavy atom. The number of carbonyl (C=O) groups excluding carboxylic acids is 4. The first-order valence-corrected chi connectivity index (χ1v) is 11.7. The fourth-order valence-electron chi connectivity index (χ4n) is 3.21. The van der Waals surface area contributed by atoms with Crippen molar-refractivity contribution in [2.45, 2.75) is 26.7 Å². The Hall–Kier alpha value is -4.46. The van der Waals surface area contributed by atoms with Gasteiger partial charge in [-0.3, -0.25) is 9.59 Å². The van der Waals surface area contributed by atoms with Gasteiger partial charge in [0, 0.05) is 11.4 Å². The summed E-state index contributed by atoms with van der Waals surface area (Å²) >= 11 is 0. The third-order valence-corrected chi connectivity index (χ3v) is 5.05. The normalized spacial score (nSPS) is 10.3. The average Bonchev–Trinajstić information content (AvgIpc) is 2.91. The van der Waals surface area contributed by atoms with E-state index in [0.29, 0.717) is 35.7 Å². The van der Waals surface area contributed by atoms with E-state index in [2.05, 4.69) is 10.6 Å². The zero-order valence-electron chi connectivity index (χ0n) is 20.2. The summed E-state index contributed by atoms with van der Waals surface area (Å²) in [6.45, 7) is 4.50. The van der Waals surface area contributed by atoms with Gasteiger partial charge in [0.1, 0.15) is 0 Å². The number of hydrogen-bond acceptors (Lipinski definition) is 6. The van der Waals surface area contributed by atoms with Crippen molar-refractivity contribution in [3.8, 4) is 0 Å². The lowest BCUT2D eigenvalue weighted by Crippen LogP contribution is -2.20. The van der Waals surface area contributed by atoms with Gasteiger partial charge in [0.2, 0.25) is 0 Å². The van der Waals surface area contributed by atoms with Gasteiger partial charge in [-0.1, -0.05) is 26.0 Å². The van der Waals surface area contributed by atoms with Crippen LogP contribution in [0, 0.1) is 0 Å². The Bertz CT molecular complexity index is 1120. The second-order valence-electron chi connectivity index (χ2n) is 7.88. The van der Waals surface area contributed by atoms with E-state index in [-0.39, 0.29) is 11.1 Å². The second kappa shape index (κ2) is 12.9. The van der Waals surface area contributed by atoms with E-state index in [1.165, 1.54) is 0 Å². The van der Waals surface area contributed by atoms with E-state index in [0.717, 1.165) is 12.8 Å². The fraction of sp³-hybridized carbons (Fsp3) is 0.214. The number of anilines is 2. The van der Waals surface area contributed by atoms with Gasteiger partial charge in [-0.2, -0.15) is 0 Å². The summed E-state index contributed by atoms with van der Waals surface area (Å²) in [5, 5.41) is 5.48. The van der Waals surface area contributed by atoms with Gasteiger partial charge in [0.25, 0.3) is 11.8 Å². The van der Waals surface area contributed by atoms with Crippen LogP contribution < -0.4 is 10.6 Å². The molecule has 0 aliphatic carbocycles. The minimum Gasteiger partial charge on any atom is -0.462 e. The van der Waals surface area contributed by atoms with Crippen molar-refractivity contribution in [1.82, 2.24) is 0 Å². The molecule has 0 saturated carbocycles. The molecule has 0 saturated heterocycles. The maximum atomic E-state index is 12.9. The van der Waals surface area contributed by atoms with Gasteiger partial charge in [-0.25, -0.2) is 9.59 Å². The molecule has 0 spiro atoms. The van der Waals surface area contributed by atoms with E-state index in [9.17, 15) is 19.2 Å². The maximum absolute atomic E-state index is 12.9. The highest BCUT2D eigenvalue weighted by Gasteiger charge is 2.18. The predicted octanol–water partition coefficient (Wildman–Crippen LogP) is 5.32. The molecule has 3 aromatic carbocycles. The van der Waals surface area contributed by atoms with E-state index in [1.807, 2.05) is 13.8 Å². The maximum Gasteiger partial charge on any atom is 0.338 e. The molecule has 8 heteroatoms. The minimum atomic E-state index is -0.476. The molecule has 0 aliphatic rings. The van der Waals surface area contributed by atoms with Crippen LogP contribution in [0.4, 0.5) is 11.4 Å². The van der Waals surface area contributed by atoms with Crippen molar-refractivity contribution in [1.29, 1.82) is 0 Å². The Balaban J connectivity index is 1.67. The SMILES string of the molecule is CCCOC(=O)c1ccc(NC(=O)c2ccccc2C(=O)Nc2ccc(C(=O)OCCC)cc2)cc1. The van der Waals surface area contributed by atoms with Crippen LogP contribution in [0.1, 0.15) is 68.1 Å². The van der Waals surface area contributed by atoms with E-state index < -0.39 is 23.8 Å². The lowest BCUT2D eigenvalue weighted by atomic mass is 10.1. The smallest absolute Gasteiger partial charge is 0.338 e. The van der Waals surface area contributed by atoms with Gasteiger partial charge in [0.15, 0.2) is 0 Å². The molecule has 3 aromatic rings. The quantitative estimate of drug-likeness (QED) is 0.374. The van der Waals surface area contributed by atoms with Crippen molar-refractivity contribution < 1.29 is 28.7 Å². The zero-order chi connectivity index (χ0) is 25.9. The fourth-order valence-corrected chi connectivity index (χ4v) is 3.21. The number of nitrogens with one attached hydrogen (secondary N) is 2. The van der Waals surface area contributed by atoms with E-state index >= 15 is 0 Å². The first-order chi connectivity index (χ1) is 17.4. The van der Waals surface area contributed by atoms with Crippen molar-refractivity contribution in [3.63, 3.8) is 0 Å². The summed E-state index contributed by atoms with van der Waals surface area (Å²) < 4.78 is 10.2. The Kier molecular flexibility index (Phi) is 9.33. The Morgan fingerprint density at radius 1 is 0.583 bits per heavy atom. The largest absolute Gasteiger partial charge is 0.462 e. The van der Waals surface area contributed by atoms with Crippen molar-refractivity contribution in [2.75, 3.05) is 23.8 Å². The van der Waals surface area contributed by atoms with Crippen LogP contribution >= 0.6 is 0 Å². The third kappa shape index (κ3) is 7.02. The molecule has 0 fully saturated rings. The van der Waals surface area contributed by atoms with Crippen molar-refractivity contribution in [3.05, 3.63) is 95.1 Å². The third-order valence-electron chi connectivity index (χ3n) is 5.05. The Morgan fingerprint density at radius 3 is 1.28 bits per heavy atom. The highest BCUT2D eigenvalue weighted by molar-refractivity contribution is 6.15. The average molecular weight is 489 g/mol. The predicted molar refractivity (Wildman–Crippen MR) is 136 cm³/mol. The molecule has 2 N–H and O–H groups in total. The molecule has 0 heterocycles. The van der Waals surface area contributed by atoms with Crippen LogP contribution in [0.5, 0.6) is 0 Å². The number of hydrogen-bond donors (Lipinski definition) is 2. The van der Waals surface area contributed by atoms with Crippen LogP contribution in [0.25, 0.3) is 0 Å². The molecule has 186 valence electrons. The van der Waals surface area contributed by atoms with Crippen LogP contribution in [0.2, 0.25) is 0 Å². The molecule has 0 unspecified atom stereocenters. The van der Waals surface area contributed by atoms with Gasteiger partial charge >= 0.3 is 11.9 Å². The number of benzene rings is 3. The van der Waals surface area contributed by atoms with Crippen molar-refractivity contribution >= 4 is 35.1 Å². The number of esters is 2. The molecule has 0 bridgehead atoms. The monoisotopic (exact) mass is 488 g/mol. The molecule has 0 atom stereocenters. The summed E-state index contributed by atoms with van der Waals surface area (Å²) in [6, 6.07) is 19.0. The second-order valence-corrected chi connectivity index (χ2v) is 7.88. The van der Waals surface area contributed by atoms with E-state index in [1.54, 1.807) is 72.8 Å². The molecular weight excluding hydrogens is 460 g/mol. The summed E-state index contributed by atoms with van der Waals surface area (Å²) in [4.78, 5) is 49.7. The summed E-state index contributed by atoms with van der Waals surface area (Å²) in [5.41, 5.74) is 2.06. The lowest BCUT2D eigenvalue weighted by Gasteiger charge is -2.11. The standard InChI is InChI=1S/C28H28N2O6/c1-3-17-35-27(33)19-9-13-21(14-10-19)29-25(31)23-7-5-6-8-24(23)26(32)30-22-15-11-20(12-16-22)28(34)36-18-4-2/h5-16H,3-4,17-18H2,1-2H3,(H,29,31)(H,30,32). The molecule has 0 aliphatic heterocycles. The minimum absolute atomic E-state index is 0.182.